The molecular formula is C12H19F3N2O3. The molecule has 0 aromatic rings. The number of likely N-dealkylation sites (tertiary alicyclic amines) is 1. The number of carbonyl (C=O) groups is 2. The Kier molecular flexibility index (Phi) is 5.79. The van der Waals surface area contributed by atoms with Crippen LogP contribution in [0.15, 0.2) is 0 Å². The van der Waals surface area contributed by atoms with Crippen LogP contribution < -0.4 is 5.32 Å². The molecule has 0 aromatic carbocycles. The van der Waals surface area contributed by atoms with Gasteiger partial charge in [0.2, 0.25) is 11.8 Å². The Labute approximate surface area is 115 Å². The molecule has 5 nitrogen and oxygen atoms in total. The number of alkyl halides is 3. The number of amides is 2. The van der Waals surface area contributed by atoms with Gasteiger partial charge < -0.3 is 15.3 Å². The highest BCUT2D eigenvalue weighted by Crippen LogP contribution is 2.24. The van der Waals surface area contributed by atoms with Gasteiger partial charge in [0.25, 0.3) is 0 Å². The molecule has 0 spiro atoms. The third-order valence-corrected chi connectivity index (χ3v) is 3.14. The second-order valence-electron chi connectivity index (χ2n) is 5.07. The largest absolute Gasteiger partial charge is 0.406 e. The van der Waals surface area contributed by atoms with Gasteiger partial charge in [-0.05, 0) is 19.8 Å². The van der Waals surface area contributed by atoms with Crippen LogP contribution in [0.3, 0.4) is 0 Å². The molecule has 1 heterocycles. The molecule has 1 saturated heterocycles. The summed E-state index contributed by atoms with van der Waals surface area (Å²) in [5, 5.41) is 11.3. The van der Waals surface area contributed by atoms with E-state index in [2.05, 4.69) is 5.32 Å². The zero-order valence-electron chi connectivity index (χ0n) is 11.2. The fourth-order valence-corrected chi connectivity index (χ4v) is 2.15. The van der Waals surface area contributed by atoms with Gasteiger partial charge in [0.05, 0.1) is 5.92 Å². The lowest BCUT2D eigenvalue weighted by Gasteiger charge is -2.19. The number of hydrogen-bond donors (Lipinski definition) is 2. The van der Waals surface area contributed by atoms with Gasteiger partial charge in [0, 0.05) is 25.6 Å². The minimum absolute atomic E-state index is 0.0154. The van der Waals surface area contributed by atoms with Crippen molar-refractivity contribution in [1.82, 2.24) is 10.2 Å². The smallest absolute Gasteiger partial charge is 0.396 e. The maximum absolute atomic E-state index is 12.2. The van der Waals surface area contributed by atoms with Crippen LogP contribution in [0.5, 0.6) is 0 Å². The summed E-state index contributed by atoms with van der Waals surface area (Å²) in [6.45, 7) is 0.256. The first-order valence-corrected chi connectivity index (χ1v) is 6.48. The van der Waals surface area contributed by atoms with Gasteiger partial charge in [-0.1, -0.05) is 0 Å². The van der Waals surface area contributed by atoms with Crippen LogP contribution in [0.2, 0.25) is 0 Å². The van der Waals surface area contributed by atoms with Crippen molar-refractivity contribution >= 4 is 11.8 Å². The van der Waals surface area contributed by atoms with Gasteiger partial charge in [0.1, 0.15) is 6.54 Å². The molecule has 1 aliphatic rings. The topological polar surface area (TPSA) is 69.6 Å². The van der Waals surface area contributed by atoms with Crippen molar-refractivity contribution in [3.8, 4) is 0 Å². The Morgan fingerprint density at radius 1 is 1.55 bits per heavy atom. The molecule has 2 unspecified atom stereocenters. The van der Waals surface area contributed by atoms with E-state index in [0.717, 1.165) is 0 Å². The van der Waals surface area contributed by atoms with Crippen LogP contribution in [-0.2, 0) is 9.59 Å². The SMILES string of the molecule is CC(CCCO)NC(=O)C1CC(=O)N(CC(F)(F)F)C1. The zero-order chi connectivity index (χ0) is 15.3. The van der Waals surface area contributed by atoms with Gasteiger partial charge in [-0.3, -0.25) is 9.59 Å². The molecule has 1 rings (SSSR count). The van der Waals surface area contributed by atoms with Gasteiger partial charge in [0.15, 0.2) is 0 Å². The summed E-state index contributed by atoms with van der Waals surface area (Å²) in [5.74, 6) is -1.79. The van der Waals surface area contributed by atoms with Crippen LogP contribution in [0.4, 0.5) is 13.2 Å². The van der Waals surface area contributed by atoms with Crippen molar-refractivity contribution in [2.24, 2.45) is 5.92 Å². The van der Waals surface area contributed by atoms with Gasteiger partial charge in [-0.2, -0.15) is 13.2 Å². The lowest BCUT2D eigenvalue weighted by atomic mass is 10.1. The summed E-state index contributed by atoms with van der Waals surface area (Å²) in [4.78, 5) is 23.9. The van der Waals surface area contributed by atoms with Crippen LogP contribution in [0.25, 0.3) is 0 Å². The first-order chi connectivity index (χ1) is 9.23. The molecule has 0 aromatic heterocycles. The van der Waals surface area contributed by atoms with E-state index in [1.165, 1.54) is 0 Å². The summed E-state index contributed by atoms with van der Waals surface area (Å²) in [5.41, 5.74) is 0. The molecule has 20 heavy (non-hydrogen) atoms. The third-order valence-electron chi connectivity index (χ3n) is 3.14. The lowest BCUT2D eigenvalue weighted by Crippen LogP contribution is -2.39. The lowest BCUT2D eigenvalue weighted by molar-refractivity contribution is -0.157. The van der Waals surface area contributed by atoms with E-state index >= 15 is 0 Å². The van der Waals surface area contributed by atoms with E-state index in [0.29, 0.717) is 17.7 Å². The molecule has 2 atom stereocenters. The minimum atomic E-state index is -4.45. The molecule has 0 radical (unpaired) electrons. The summed E-state index contributed by atoms with van der Waals surface area (Å²) < 4.78 is 36.7. The van der Waals surface area contributed by atoms with Crippen molar-refractivity contribution in [3.63, 3.8) is 0 Å². The van der Waals surface area contributed by atoms with E-state index in [1.54, 1.807) is 6.92 Å². The molecule has 0 bridgehead atoms. The van der Waals surface area contributed by atoms with Crippen molar-refractivity contribution < 1.29 is 27.9 Å². The Morgan fingerprint density at radius 3 is 2.75 bits per heavy atom. The summed E-state index contributed by atoms with van der Waals surface area (Å²) in [6.07, 6.45) is -3.52. The van der Waals surface area contributed by atoms with Gasteiger partial charge >= 0.3 is 6.18 Å². The number of nitrogens with zero attached hydrogens (tertiary/aromatic N) is 1. The molecule has 2 amide bonds. The highest BCUT2D eigenvalue weighted by Gasteiger charge is 2.40. The second kappa shape index (κ2) is 6.92. The maximum Gasteiger partial charge on any atom is 0.406 e. The monoisotopic (exact) mass is 296 g/mol. The highest BCUT2D eigenvalue weighted by molar-refractivity contribution is 5.89. The fraction of sp³-hybridized carbons (Fsp3) is 0.833. The number of aliphatic hydroxyl groups excluding tert-OH is 1. The van der Waals surface area contributed by atoms with Crippen LogP contribution in [0.1, 0.15) is 26.2 Å². The Bertz CT molecular complexity index is 360. The molecule has 2 N–H and O–H groups in total. The van der Waals surface area contributed by atoms with Crippen molar-refractivity contribution in [1.29, 1.82) is 0 Å². The van der Waals surface area contributed by atoms with E-state index < -0.39 is 30.5 Å². The third kappa shape index (κ3) is 5.36. The van der Waals surface area contributed by atoms with E-state index in [4.69, 9.17) is 5.11 Å². The molecule has 0 saturated carbocycles. The Hall–Kier alpha value is -1.31. The first-order valence-electron chi connectivity index (χ1n) is 6.48. The van der Waals surface area contributed by atoms with E-state index in [1.807, 2.05) is 0 Å². The quantitative estimate of drug-likeness (QED) is 0.757. The number of rotatable bonds is 6. The summed E-state index contributed by atoms with van der Waals surface area (Å²) in [7, 11) is 0. The van der Waals surface area contributed by atoms with E-state index in [-0.39, 0.29) is 25.6 Å². The van der Waals surface area contributed by atoms with Crippen molar-refractivity contribution in [2.45, 2.75) is 38.4 Å². The average molecular weight is 296 g/mol. The predicted molar refractivity (Wildman–Crippen MR) is 64.7 cm³/mol. The van der Waals surface area contributed by atoms with Gasteiger partial charge in [-0.15, -0.1) is 0 Å². The van der Waals surface area contributed by atoms with Crippen molar-refractivity contribution in [2.75, 3.05) is 19.7 Å². The molecular weight excluding hydrogens is 277 g/mol. The average Bonchev–Trinajstić information content (AvgIpc) is 2.66. The molecule has 116 valence electrons. The highest BCUT2D eigenvalue weighted by atomic mass is 19.4. The zero-order valence-corrected chi connectivity index (χ0v) is 11.2. The van der Waals surface area contributed by atoms with Crippen LogP contribution in [0, 0.1) is 5.92 Å². The summed E-state index contributed by atoms with van der Waals surface area (Å²) >= 11 is 0. The number of halogens is 3. The number of nitrogens with one attached hydrogen (secondary N) is 1. The van der Waals surface area contributed by atoms with Gasteiger partial charge in [-0.25, -0.2) is 0 Å². The standard InChI is InChI=1S/C12H19F3N2O3/c1-8(3-2-4-18)16-11(20)9-5-10(19)17(6-9)7-12(13,14)15/h8-9,18H,2-7H2,1H3,(H,16,20). The maximum atomic E-state index is 12.2. The fourth-order valence-electron chi connectivity index (χ4n) is 2.15. The van der Waals surface area contributed by atoms with Crippen molar-refractivity contribution in [3.05, 3.63) is 0 Å². The second-order valence-corrected chi connectivity index (χ2v) is 5.07. The predicted octanol–water partition coefficient (Wildman–Crippen LogP) is 0.674. The molecule has 0 aliphatic carbocycles. The number of hydrogen-bond acceptors (Lipinski definition) is 3. The molecule has 8 heteroatoms. The van der Waals surface area contributed by atoms with E-state index in [9.17, 15) is 22.8 Å². The summed E-state index contributed by atoms with van der Waals surface area (Å²) in [6, 6.07) is -0.179. The Morgan fingerprint density at radius 2 is 2.20 bits per heavy atom. The number of carbonyl (C=O) groups excluding carboxylic acids is 2. The minimum Gasteiger partial charge on any atom is -0.396 e. The molecule has 1 aliphatic heterocycles. The van der Waals surface area contributed by atoms with Crippen LogP contribution >= 0.6 is 0 Å². The number of aliphatic hydroxyl groups is 1. The first kappa shape index (κ1) is 16.7. The normalized spacial score (nSPS) is 21.1. The molecule has 1 fully saturated rings. The Balaban J connectivity index is 2.45. The van der Waals surface area contributed by atoms with Crippen LogP contribution in [-0.4, -0.2) is 53.7 Å².